The molecular weight excluding hydrogens is 326 g/mol. The van der Waals surface area contributed by atoms with Crippen LogP contribution in [0.5, 0.6) is 0 Å². The van der Waals surface area contributed by atoms with Crippen molar-refractivity contribution in [3.8, 4) is 0 Å². The average Bonchev–Trinajstić information content (AvgIpc) is 2.84. The summed E-state index contributed by atoms with van der Waals surface area (Å²) in [7, 11) is 0. The normalized spacial score (nSPS) is 30.5. The van der Waals surface area contributed by atoms with Crippen molar-refractivity contribution < 1.29 is 9.59 Å². The van der Waals surface area contributed by atoms with Gasteiger partial charge in [0.15, 0.2) is 0 Å². The Labute approximate surface area is 151 Å². The van der Waals surface area contributed by atoms with Gasteiger partial charge in [0.25, 0.3) is 0 Å². The topological polar surface area (TPSA) is 52.7 Å². The molecule has 3 saturated heterocycles. The number of carbonyl (C=O) groups excluding carboxylic acids is 2. The van der Waals surface area contributed by atoms with Crippen LogP contribution >= 0.6 is 12.4 Å². The van der Waals surface area contributed by atoms with Gasteiger partial charge in [-0.15, -0.1) is 12.4 Å². The van der Waals surface area contributed by atoms with Gasteiger partial charge in [0.2, 0.25) is 11.8 Å². The molecule has 3 aliphatic rings. The van der Waals surface area contributed by atoms with Crippen LogP contribution in [0.3, 0.4) is 0 Å². The number of rotatable bonds is 1. The van der Waals surface area contributed by atoms with Gasteiger partial charge in [0.1, 0.15) is 0 Å². The highest BCUT2D eigenvalue weighted by Gasteiger charge is 2.37. The van der Waals surface area contributed by atoms with Gasteiger partial charge in [-0.3, -0.25) is 9.59 Å². The fraction of sp³-hybridized carbons (Fsp3) is 0.889. The molecule has 24 heavy (non-hydrogen) atoms. The number of hydrogen-bond acceptors (Lipinski definition) is 3. The van der Waals surface area contributed by atoms with Crippen molar-refractivity contribution >= 4 is 24.2 Å². The maximum absolute atomic E-state index is 13.0. The second-order valence-electron chi connectivity index (χ2n) is 8.55. The summed E-state index contributed by atoms with van der Waals surface area (Å²) in [6, 6.07) is 1.07. The van der Waals surface area contributed by atoms with Crippen molar-refractivity contribution in [2.45, 2.75) is 65.0 Å². The summed E-state index contributed by atoms with van der Waals surface area (Å²) in [5.74, 6) is 0.434. The second kappa shape index (κ2) is 7.61. The summed E-state index contributed by atoms with van der Waals surface area (Å²) in [5, 5.41) is 3.63. The molecule has 0 aromatic rings. The third-order valence-electron chi connectivity index (χ3n) is 5.53. The molecule has 3 fully saturated rings. The first kappa shape index (κ1) is 19.5. The maximum Gasteiger partial charge on any atom is 0.227 e. The van der Waals surface area contributed by atoms with E-state index in [-0.39, 0.29) is 35.6 Å². The lowest BCUT2D eigenvalue weighted by atomic mass is 9.90. The lowest BCUT2D eigenvalue weighted by Gasteiger charge is -2.38. The van der Waals surface area contributed by atoms with Gasteiger partial charge in [-0.25, -0.2) is 0 Å². The predicted octanol–water partition coefficient (Wildman–Crippen LogP) is 2.05. The number of likely N-dealkylation sites (tertiary alicyclic amines) is 2. The number of hydrogen-bond donors (Lipinski definition) is 1. The molecule has 0 radical (unpaired) electrons. The zero-order valence-electron chi connectivity index (χ0n) is 15.2. The standard InChI is InChI=1S/C18H31N3O2.ClH/c1-18(2,3)17(23)21-9-4-5-13(11-21)16(22)20-10-8-14-6-7-15(12-20)19-14;/h13-15,19H,4-12H2,1-3H3;1H. The molecule has 3 heterocycles. The molecule has 3 atom stereocenters. The van der Waals surface area contributed by atoms with E-state index < -0.39 is 0 Å². The minimum atomic E-state index is -0.364. The fourth-order valence-electron chi connectivity index (χ4n) is 4.24. The number of nitrogens with zero attached hydrogens (tertiary/aromatic N) is 2. The molecule has 0 aliphatic carbocycles. The van der Waals surface area contributed by atoms with E-state index in [4.69, 9.17) is 0 Å². The molecule has 5 nitrogen and oxygen atoms in total. The Morgan fingerprint density at radius 3 is 2.33 bits per heavy atom. The van der Waals surface area contributed by atoms with E-state index in [0.717, 1.165) is 38.9 Å². The van der Waals surface area contributed by atoms with Gasteiger partial charge in [-0.2, -0.15) is 0 Å². The van der Waals surface area contributed by atoms with Crippen LogP contribution in [0.1, 0.15) is 52.9 Å². The number of nitrogens with one attached hydrogen (secondary N) is 1. The molecular formula is C18H32ClN3O2. The Balaban J connectivity index is 0.00000208. The van der Waals surface area contributed by atoms with Crippen LogP contribution in [0.15, 0.2) is 0 Å². The van der Waals surface area contributed by atoms with E-state index in [2.05, 4.69) is 10.2 Å². The van der Waals surface area contributed by atoms with Gasteiger partial charge in [0.05, 0.1) is 5.92 Å². The van der Waals surface area contributed by atoms with Gasteiger partial charge < -0.3 is 15.1 Å². The molecule has 0 spiro atoms. The highest BCUT2D eigenvalue weighted by molar-refractivity contribution is 5.85. The fourth-order valence-corrected chi connectivity index (χ4v) is 4.24. The largest absolute Gasteiger partial charge is 0.341 e. The summed E-state index contributed by atoms with van der Waals surface area (Å²) in [6.45, 7) is 8.99. The molecule has 2 amide bonds. The maximum atomic E-state index is 13.0. The summed E-state index contributed by atoms with van der Waals surface area (Å²) in [6.07, 6.45) is 5.37. The number of piperidine rings is 1. The lowest BCUT2D eigenvalue weighted by molar-refractivity contribution is -0.145. The van der Waals surface area contributed by atoms with Crippen molar-refractivity contribution in [2.24, 2.45) is 11.3 Å². The number of amides is 2. The van der Waals surface area contributed by atoms with E-state index in [1.54, 1.807) is 0 Å². The van der Waals surface area contributed by atoms with E-state index in [9.17, 15) is 9.59 Å². The third kappa shape index (κ3) is 4.23. The van der Waals surface area contributed by atoms with E-state index in [1.165, 1.54) is 12.8 Å². The Morgan fingerprint density at radius 1 is 0.917 bits per heavy atom. The lowest BCUT2D eigenvalue weighted by Crippen LogP contribution is -2.50. The zero-order valence-corrected chi connectivity index (χ0v) is 16.0. The minimum Gasteiger partial charge on any atom is -0.341 e. The Kier molecular flexibility index (Phi) is 6.19. The van der Waals surface area contributed by atoms with Crippen molar-refractivity contribution in [3.63, 3.8) is 0 Å². The van der Waals surface area contributed by atoms with Crippen LogP contribution in [-0.2, 0) is 9.59 Å². The van der Waals surface area contributed by atoms with Crippen LogP contribution in [0, 0.1) is 11.3 Å². The molecule has 0 aromatic carbocycles. The van der Waals surface area contributed by atoms with E-state index >= 15 is 0 Å². The van der Waals surface area contributed by atoms with Crippen LogP contribution in [0.25, 0.3) is 0 Å². The van der Waals surface area contributed by atoms with Gasteiger partial charge in [0, 0.05) is 43.7 Å². The number of halogens is 1. The summed E-state index contributed by atoms with van der Waals surface area (Å²) in [5.41, 5.74) is -0.364. The van der Waals surface area contributed by atoms with Gasteiger partial charge in [-0.1, -0.05) is 20.8 Å². The quantitative estimate of drug-likeness (QED) is 0.781. The summed E-state index contributed by atoms with van der Waals surface area (Å²) >= 11 is 0. The monoisotopic (exact) mass is 357 g/mol. The van der Waals surface area contributed by atoms with Crippen LogP contribution in [-0.4, -0.2) is 59.9 Å². The first-order chi connectivity index (χ1) is 10.8. The predicted molar refractivity (Wildman–Crippen MR) is 97.1 cm³/mol. The molecule has 3 aliphatic heterocycles. The van der Waals surface area contributed by atoms with Crippen LogP contribution in [0.2, 0.25) is 0 Å². The number of carbonyl (C=O) groups is 2. The highest BCUT2D eigenvalue weighted by Crippen LogP contribution is 2.26. The number of fused-ring (bicyclic) bond motifs is 2. The van der Waals surface area contributed by atoms with Crippen molar-refractivity contribution in [3.05, 3.63) is 0 Å². The minimum absolute atomic E-state index is 0. The SMILES string of the molecule is CC(C)(C)C(=O)N1CCCC(C(=O)N2CCC3CCC(C2)N3)C1.Cl. The smallest absolute Gasteiger partial charge is 0.227 e. The van der Waals surface area contributed by atoms with Crippen molar-refractivity contribution in [2.75, 3.05) is 26.2 Å². The molecule has 138 valence electrons. The van der Waals surface area contributed by atoms with E-state index in [0.29, 0.717) is 18.6 Å². The average molecular weight is 358 g/mol. The van der Waals surface area contributed by atoms with Gasteiger partial charge in [-0.05, 0) is 32.1 Å². The van der Waals surface area contributed by atoms with E-state index in [1.807, 2.05) is 25.7 Å². The van der Waals surface area contributed by atoms with Crippen molar-refractivity contribution in [1.82, 2.24) is 15.1 Å². The zero-order chi connectivity index (χ0) is 16.6. The Morgan fingerprint density at radius 2 is 1.62 bits per heavy atom. The summed E-state index contributed by atoms with van der Waals surface area (Å²) in [4.78, 5) is 29.4. The van der Waals surface area contributed by atoms with Gasteiger partial charge >= 0.3 is 0 Å². The molecule has 0 saturated carbocycles. The summed E-state index contributed by atoms with van der Waals surface area (Å²) < 4.78 is 0. The highest BCUT2D eigenvalue weighted by atomic mass is 35.5. The molecule has 2 bridgehead atoms. The van der Waals surface area contributed by atoms with Crippen LogP contribution in [0.4, 0.5) is 0 Å². The van der Waals surface area contributed by atoms with Crippen molar-refractivity contribution in [1.29, 1.82) is 0 Å². The molecule has 6 heteroatoms. The first-order valence-electron chi connectivity index (χ1n) is 9.19. The first-order valence-corrected chi connectivity index (χ1v) is 9.19. The second-order valence-corrected chi connectivity index (χ2v) is 8.55. The Hall–Kier alpha value is -0.810. The molecule has 0 aromatic heterocycles. The van der Waals surface area contributed by atoms with Crippen LogP contribution < -0.4 is 5.32 Å². The molecule has 3 rings (SSSR count). The molecule has 1 N–H and O–H groups in total. The third-order valence-corrected chi connectivity index (χ3v) is 5.53. The Bertz CT molecular complexity index is 477. The molecule has 3 unspecified atom stereocenters.